The van der Waals surface area contributed by atoms with Crippen molar-refractivity contribution in [3.63, 3.8) is 0 Å². The summed E-state index contributed by atoms with van der Waals surface area (Å²) in [5.74, 6) is -0.374. The summed E-state index contributed by atoms with van der Waals surface area (Å²) in [6.07, 6.45) is -2.48. The van der Waals surface area contributed by atoms with Gasteiger partial charge in [-0.05, 0) is 54.8 Å². The third-order valence-corrected chi connectivity index (χ3v) is 5.26. The molecule has 2 aromatic rings. The molecule has 2 amide bonds. The molecule has 0 aliphatic carbocycles. The fourth-order valence-corrected chi connectivity index (χ4v) is 3.87. The van der Waals surface area contributed by atoms with Crippen molar-refractivity contribution in [2.24, 2.45) is 0 Å². The van der Waals surface area contributed by atoms with E-state index in [9.17, 15) is 22.8 Å². The van der Waals surface area contributed by atoms with Crippen LogP contribution >= 0.6 is 0 Å². The van der Waals surface area contributed by atoms with Gasteiger partial charge in [0, 0.05) is 30.3 Å². The lowest BCUT2D eigenvalue weighted by Gasteiger charge is -2.34. The molecule has 0 aromatic heterocycles. The number of hydrogen-bond acceptors (Lipinski definition) is 3. The monoisotopic (exact) mass is 430 g/mol. The molecule has 2 aliphatic heterocycles. The summed E-state index contributed by atoms with van der Waals surface area (Å²) >= 11 is 0. The Morgan fingerprint density at radius 2 is 1.94 bits per heavy atom. The molecule has 0 saturated carbocycles. The standard InChI is InChI=1S/C23H21F3N2O3/c1-22(2)11-15(18-6-4-16(23(24,25)26)10-19(18)31-22)9-21(30)28-17-5-3-13-12-27-20(29)8-14(13)7-17/h3-7,9-10H,8,11-12H2,1-2H3,(H,27,29)(H,28,30)/b15-9+. The van der Waals surface area contributed by atoms with Gasteiger partial charge in [-0.2, -0.15) is 13.2 Å². The van der Waals surface area contributed by atoms with E-state index in [1.165, 1.54) is 12.1 Å². The Hall–Kier alpha value is -3.29. The molecule has 162 valence electrons. The second-order valence-corrected chi connectivity index (χ2v) is 8.34. The summed E-state index contributed by atoms with van der Waals surface area (Å²) in [7, 11) is 0. The van der Waals surface area contributed by atoms with Crippen molar-refractivity contribution in [2.75, 3.05) is 5.32 Å². The lowest BCUT2D eigenvalue weighted by Crippen LogP contribution is -2.32. The average Bonchev–Trinajstić information content (AvgIpc) is 2.65. The van der Waals surface area contributed by atoms with Crippen LogP contribution in [0, 0.1) is 0 Å². The van der Waals surface area contributed by atoms with Crippen molar-refractivity contribution >= 4 is 23.1 Å². The minimum Gasteiger partial charge on any atom is -0.487 e. The first kappa shape index (κ1) is 21.0. The zero-order chi connectivity index (χ0) is 22.4. The average molecular weight is 430 g/mol. The van der Waals surface area contributed by atoms with Gasteiger partial charge in [-0.1, -0.05) is 12.1 Å². The lowest BCUT2D eigenvalue weighted by atomic mass is 9.88. The number of nitrogens with one attached hydrogen (secondary N) is 2. The number of rotatable bonds is 2. The number of carbonyl (C=O) groups is 2. The maximum absolute atomic E-state index is 13.1. The van der Waals surface area contributed by atoms with Crippen LogP contribution in [0.2, 0.25) is 0 Å². The number of benzene rings is 2. The van der Waals surface area contributed by atoms with Crippen LogP contribution in [0.5, 0.6) is 5.75 Å². The molecular weight excluding hydrogens is 409 g/mol. The molecule has 8 heteroatoms. The number of anilines is 1. The van der Waals surface area contributed by atoms with Crippen LogP contribution in [0.15, 0.2) is 42.5 Å². The van der Waals surface area contributed by atoms with Gasteiger partial charge in [0.05, 0.1) is 12.0 Å². The normalized spacial score (nSPS) is 18.5. The first-order valence-corrected chi connectivity index (χ1v) is 9.81. The topological polar surface area (TPSA) is 67.4 Å². The van der Waals surface area contributed by atoms with Gasteiger partial charge in [-0.3, -0.25) is 9.59 Å². The molecule has 0 bridgehead atoms. The van der Waals surface area contributed by atoms with Crippen LogP contribution < -0.4 is 15.4 Å². The fraction of sp³-hybridized carbons (Fsp3) is 0.304. The predicted molar refractivity (Wildman–Crippen MR) is 109 cm³/mol. The van der Waals surface area contributed by atoms with Crippen molar-refractivity contribution < 1.29 is 27.5 Å². The van der Waals surface area contributed by atoms with Gasteiger partial charge in [0.2, 0.25) is 11.8 Å². The maximum Gasteiger partial charge on any atom is 0.416 e. The van der Waals surface area contributed by atoms with Gasteiger partial charge in [0.15, 0.2) is 0 Å². The summed E-state index contributed by atoms with van der Waals surface area (Å²) in [5.41, 5.74) is 1.89. The van der Waals surface area contributed by atoms with E-state index in [0.29, 0.717) is 29.8 Å². The summed E-state index contributed by atoms with van der Waals surface area (Å²) in [6.45, 7) is 3.98. The van der Waals surface area contributed by atoms with Crippen LogP contribution in [-0.4, -0.2) is 17.4 Å². The third kappa shape index (κ3) is 4.57. The molecule has 2 N–H and O–H groups in total. The van der Waals surface area contributed by atoms with Gasteiger partial charge in [0.1, 0.15) is 11.4 Å². The number of alkyl halides is 3. The molecule has 2 aliphatic rings. The number of halogens is 3. The summed E-state index contributed by atoms with van der Waals surface area (Å²) in [5, 5.41) is 5.54. The van der Waals surface area contributed by atoms with Crippen molar-refractivity contribution in [2.45, 2.75) is 45.0 Å². The van der Waals surface area contributed by atoms with E-state index in [4.69, 9.17) is 4.74 Å². The van der Waals surface area contributed by atoms with Crippen molar-refractivity contribution in [1.29, 1.82) is 0 Å². The third-order valence-electron chi connectivity index (χ3n) is 5.26. The molecule has 5 nitrogen and oxygen atoms in total. The van der Waals surface area contributed by atoms with E-state index in [-0.39, 0.29) is 18.1 Å². The number of ether oxygens (including phenoxy) is 1. The first-order chi connectivity index (χ1) is 14.5. The second-order valence-electron chi connectivity index (χ2n) is 8.34. The zero-order valence-corrected chi connectivity index (χ0v) is 17.0. The second kappa shape index (κ2) is 7.44. The molecule has 31 heavy (non-hydrogen) atoms. The number of carbonyl (C=O) groups excluding carboxylic acids is 2. The summed E-state index contributed by atoms with van der Waals surface area (Å²) < 4.78 is 45.0. The molecule has 0 radical (unpaired) electrons. The Labute approximate surface area is 177 Å². The Balaban J connectivity index is 1.60. The SMILES string of the molecule is CC1(C)C/C(=C\C(=O)Nc2ccc3c(c2)CC(=O)NC3)c2ccc(C(F)(F)F)cc2O1. The molecular formula is C23H21F3N2O3. The van der Waals surface area contributed by atoms with Crippen LogP contribution in [0.3, 0.4) is 0 Å². The zero-order valence-electron chi connectivity index (χ0n) is 17.0. The molecule has 0 spiro atoms. The van der Waals surface area contributed by atoms with Gasteiger partial charge < -0.3 is 15.4 Å². The van der Waals surface area contributed by atoms with Crippen molar-refractivity contribution in [1.82, 2.24) is 5.32 Å². The summed E-state index contributed by atoms with van der Waals surface area (Å²) in [6, 6.07) is 8.66. The van der Waals surface area contributed by atoms with Crippen LogP contribution in [0.4, 0.5) is 18.9 Å². The number of hydrogen-bond donors (Lipinski definition) is 2. The van der Waals surface area contributed by atoms with Crippen LogP contribution in [-0.2, 0) is 28.7 Å². The van der Waals surface area contributed by atoms with Crippen molar-refractivity contribution in [3.8, 4) is 5.75 Å². The van der Waals surface area contributed by atoms with E-state index < -0.39 is 23.2 Å². The van der Waals surface area contributed by atoms with E-state index >= 15 is 0 Å². The highest BCUT2D eigenvalue weighted by atomic mass is 19.4. The fourth-order valence-electron chi connectivity index (χ4n) is 3.87. The highest BCUT2D eigenvalue weighted by Gasteiger charge is 2.35. The molecule has 0 fully saturated rings. The van der Waals surface area contributed by atoms with Gasteiger partial charge >= 0.3 is 6.18 Å². The molecule has 0 atom stereocenters. The molecule has 2 heterocycles. The quantitative estimate of drug-likeness (QED) is 0.692. The Bertz CT molecular complexity index is 1100. The van der Waals surface area contributed by atoms with E-state index in [2.05, 4.69) is 10.6 Å². The van der Waals surface area contributed by atoms with Gasteiger partial charge in [-0.25, -0.2) is 0 Å². The Morgan fingerprint density at radius 3 is 2.68 bits per heavy atom. The van der Waals surface area contributed by atoms with E-state index in [0.717, 1.165) is 23.3 Å². The molecule has 2 aromatic carbocycles. The van der Waals surface area contributed by atoms with Gasteiger partial charge in [-0.15, -0.1) is 0 Å². The van der Waals surface area contributed by atoms with E-state index in [1.807, 2.05) is 6.07 Å². The smallest absolute Gasteiger partial charge is 0.416 e. The van der Waals surface area contributed by atoms with Crippen LogP contribution in [0.25, 0.3) is 5.57 Å². The molecule has 0 unspecified atom stereocenters. The van der Waals surface area contributed by atoms with Crippen molar-refractivity contribution in [3.05, 3.63) is 64.7 Å². The maximum atomic E-state index is 13.1. The summed E-state index contributed by atoms with van der Waals surface area (Å²) in [4.78, 5) is 24.3. The Kier molecular flexibility index (Phi) is 5.03. The largest absolute Gasteiger partial charge is 0.487 e. The van der Waals surface area contributed by atoms with Crippen LogP contribution in [0.1, 0.15) is 42.5 Å². The first-order valence-electron chi connectivity index (χ1n) is 9.81. The Morgan fingerprint density at radius 1 is 1.16 bits per heavy atom. The minimum absolute atomic E-state index is 0.0719. The van der Waals surface area contributed by atoms with Gasteiger partial charge in [0.25, 0.3) is 0 Å². The minimum atomic E-state index is -4.48. The predicted octanol–water partition coefficient (Wildman–Crippen LogP) is 4.46. The highest BCUT2D eigenvalue weighted by Crippen LogP contribution is 2.43. The van der Waals surface area contributed by atoms with E-state index in [1.54, 1.807) is 26.0 Å². The highest BCUT2D eigenvalue weighted by molar-refractivity contribution is 6.04. The number of amides is 2. The molecule has 0 saturated heterocycles. The lowest BCUT2D eigenvalue weighted by molar-refractivity contribution is -0.137. The number of fused-ring (bicyclic) bond motifs is 2. The molecule has 4 rings (SSSR count).